The molecule has 246 valence electrons. The molecule has 0 radical (unpaired) electrons. The van der Waals surface area contributed by atoms with E-state index in [1.165, 1.54) is 54.8 Å². The number of nitrogens with zero attached hydrogens (tertiary/aromatic N) is 3. The molecule has 8 aromatic rings. The molecule has 7 aromatic carbocycles. The van der Waals surface area contributed by atoms with Gasteiger partial charge < -0.3 is 4.57 Å². The van der Waals surface area contributed by atoms with Crippen LogP contribution in [0.4, 0.5) is 0 Å². The third-order valence-electron chi connectivity index (χ3n) is 10.8. The Morgan fingerprint density at radius 3 is 2.02 bits per heavy atom. The molecule has 0 unspecified atom stereocenters. The van der Waals surface area contributed by atoms with E-state index in [4.69, 9.17) is 9.98 Å². The summed E-state index contributed by atoms with van der Waals surface area (Å²) in [4.78, 5) is 10.6. The number of allylic oxidation sites excluding steroid dienone is 3. The van der Waals surface area contributed by atoms with Crippen molar-refractivity contribution in [2.24, 2.45) is 9.98 Å². The fourth-order valence-corrected chi connectivity index (χ4v) is 8.47. The molecule has 0 saturated heterocycles. The van der Waals surface area contributed by atoms with E-state index in [0.717, 1.165) is 33.8 Å². The first kappa shape index (κ1) is 30.3. The van der Waals surface area contributed by atoms with Crippen LogP contribution in [0.15, 0.2) is 186 Å². The summed E-state index contributed by atoms with van der Waals surface area (Å²) in [5.41, 5.74) is 13.5. The van der Waals surface area contributed by atoms with Crippen LogP contribution in [-0.4, -0.2) is 16.1 Å². The number of aliphatic imine (C=N–C) groups is 2. The van der Waals surface area contributed by atoms with Crippen LogP contribution in [0.3, 0.4) is 0 Å². The Morgan fingerprint density at radius 2 is 1.21 bits per heavy atom. The van der Waals surface area contributed by atoms with Crippen molar-refractivity contribution in [1.82, 2.24) is 4.57 Å². The first-order chi connectivity index (χ1) is 25.6. The molecule has 52 heavy (non-hydrogen) atoms. The quantitative estimate of drug-likeness (QED) is 0.179. The van der Waals surface area contributed by atoms with Gasteiger partial charge in [-0.3, -0.25) is 0 Å². The lowest BCUT2D eigenvalue weighted by molar-refractivity contribution is 0.664. The first-order valence-electron chi connectivity index (χ1n) is 17.9. The van der Waals surface area contributed by atoms with Gasteiger partial charge in [0.1, 0.15) is 0 Å². The van der Waals surface area contributed by atoms with E-state index >= 15 is 0 Å². The molecule has 0 atom stereocenters. The fraction of sp³-hybridized carbons (Fsp3) is 0.0612. The number of benzene rings is 7. The van der Waals surface area contributed by atoms with Crippen LogP contribution in [0.2, 0.25) is 0 Å². The number of amidine groups is 1. The lowest BCUT2D eigenvalue weighted by Gasteiger charge is -2.24. The molecule has 1 aliphatic carbocycles. The average molecular weight is 666 g/mol. The SMILES string of the molecule is CC1(C)c2ccccc2-c2c1c1c(c3ccccc23)c2ccccc2n1-c1cccc(C2=N/C(c3ccccc3)=C/C=C/C(c3ccccc3)=N\2)c1. The van der Waals surface area contributed by atoms with E-state index in [2.05, 4.69) is 176 Å². The van der Waals surface area contributed by atoms with Gasteiger partial charge in [0.2, 0.25) is 0 Å². The highest BCUT2D eigenvalue weighted by molar-refractivity contribution is 6.27. The number of hydrogen-bond donors (Lipinski definition) is 0. The van der Waals surface area contributed by atoms with Gasteiger partial charge in [0.25, 0.3) is 0 Å². The van der Waals surface area contributed by atoms with Crippen LogP contribution in [0, 0.1) is 0 Å². The zero-order valence-electron chi connectivity index (χ0n) is 29.1. The number of para-hydroxylation sites is 1. The normalized spacial score (nSPS) is 18.4. The predicted octanol–water partition coefficient (Wildman–Crippen LogP) is 12.1. The van der Waals surface area contributed by atoms with Crippen molar-refractivity contribution in [1.29, 1.82) is 0 Å². The van der Waals surface area contributed by atoms with E-state index in [1.807, 2.05) is 18.2 Å². The molecule has 3 heteroatoms. The Bertz CT molecular complexity index is 2810. The van der Waals surface area contributed by atoms with Crippen molar-refractivity contribution in [2.45, 2.75) is 19.3 Å². The maximum atomic E-state index is 5.28. The van der Waals surface area contributed by atoms with E-state index in [1.54, 1.807) is 0 Å². The summed E-state index contributed by atoms with van der Waals surface area (Å²) in [7, 11) is 0. The van der Waals surface area contributed by atoms with Crippen LogP contribution < -0.4 is 0 Å². The summed E-state index contributed by atoms with van der Waals surface area (Å²) in [6.45, 7) is 4.77. The van der Waals surface area contributed by atoms with Gasteiger partial charge in [0.05, 0.1) is 22.4 Å². The molecule has 2 aliphatic rings. The van der Waals surface area contributed by atoms with E-state index < -0.39 is 0 Å². The maximum absolute atomic E-state index is 5.28. The Kier molecular flexibility index (Phi) is 6.84. The lowest BCUT2D eigenvalue weighted by Crippen LogP contribution is -2.16. The second-order valence-electron chi connectivity index (χ2n) is 14.2. The van der Waals surface area contributed by atoms with Crippen molar-refractivity contribution in [2.75, 3.05) is 0 Å². The van der Waals surface area contributed by atoms with Crippen LogP contribution in [0.1, 0.15) is 41.7 Å². The summed E-state index contributed by atoms with van der Waals surface area (Å²) < 4.78 is 2.49. The van der Waals surface area contributed by atoms with Crippen molar-refractivity contribution in [3.63, 3.8) is 0 Å². The number of rotatable bonds is 4. The second-order valence-corrected chi connectivity index (χ2v) is 14.2. The standard InChI is InChI=1S/C49H35N3/c1-49(2)40-27-13-11-25-38(40)44-36-23-9-10-24-37(36)45-39-26-12-14-30-43(39)52(47(45)46(44)49)35-22-15-21-34(31-35)48-50-41(32-17-5-3-6-18-32)28-16-29-42(51-48)33-19-7-4-8-20-33/h3-31H,1-2H3/b28-16+,29-16?,41-28?,42-29+,50-41+,50-48?,51-42?,51-48-. The van der Waals surface area contributed by atoms with Crippen molar-refractivity contribution < 1.29 is 0 Å². The van der Waals surface area contributed by atoms with Gasteiger partial charge in [-0.2, -0.15) is 0 Å². The van der Waals surface area contributed by atoms with Gasteiger partial charge in [-0.05, 0) is 63.4 Å². The minimum absolute atomic E-state index is 0.210. The van der Waals surface area contributed by atoms with Crippen LogP contribution >= 0.6 is 0 Å². The lowest BCUT2D eigenvalue weighted by atomic mass is 9.80. The van der Waals surface area contributed by atoms with E-state index in [9.17, 15) is 0 Å². The van der Waals surface area contributed by atoms with Gasteiger partial charge in [-0.15, -0.1) is 0 Å². The molecule has 1 aromatic heterocycles. The highest BCUT2D eigenvalue weighted by Gasteiger charge is 2.40. The molecule has 0 amide bonds. The molecule has 0 N–H and O–H groups in total. The second kappa shape index (κ2) is 11.8. The summed E-state index contributed by atoms with van der Waals surface area (Å²) in [6, 6.07) is 56.2. The summed E-state index contributed by atoms with van der Waals surface area (Å²) in [5.74, 6) is 0.671. The average Bonchev–Trinajstić information content (AvgIpc) is 3.65. The Labute approximate surface area is 303 Å². The van der Waals surface area contributed by atoms with Crippen molar-refractivity contribution >= 4 is 49.8 Å². The smallest absolute Gasteiger partial charge is 0.160 e. The highest BCUT2D eigenvalue weighted by atomic mass is 15.0. The molecular formula is C49H35N3. The molecule has 0 bridgehead atoms. The fourth-order valence-electron chi connectivity index (χ4n) is 8.47. The highest BCUT2D eigenvalue weighted by Crippen LogP contribution is 2.56. The summed E-state index contributed by atoms with van der Waals surface area (Å²) >= 11 is 0. The van der Waals surface area contributed by atoms with Crippen LogP contribution in [0.25, 0.3) is 55.1 Å². The maximum Gasteiger partial charge on any atom is 0.160 e. The monoisotopic (exact) mass is 665 g/mol. The molecule has 3 nitrogen and oxygen atoms in total. The largest absolute Gasteiger partial charge is 0.309 e. The van der Waals surface area contributed by atoms with Crippen LogP contribution in [-0.2, 0) is 5.41 Å². The third-order valence-corrected chi connectivity index (χ3v) is 10.8. The molecule has 0 saturated carbocycles. The summed E-state index contributed by atoms with van der Waals surface area (Å²) in [5, 5.41) is 5.13. The third kappa shape index (κ3) is 4.59. The molecule has 0 fully saturated rings. The Hall–Kier alpha value is -6.58. The Balaban J connectivity index is 1.27. The number of fused-ring (bicyclic) bond motifs is 10. The molecule has 0 spiro atoms. The van der Waals surface area contributed by atoms with Crippen molar-refractivity contribution in [3.8, 4) is 16.8 Å². The Morgan fingerprint density at radius 1 is 0.558 bits per heavy atom. The molecular weight excluding hydrogens is 631 g/mol. The molecule has 10 rings (SSSR count). The zero-order chi connectivity index (χ0) is 34.8. The van der Waals surface area contributed by atoms with Gasteiger partial charge in [-0.1, -0.05) is 159 Å². The minimum atomic E-state index is -0.210. The van der Waals surface area contributed by atoms with Gasteiger partial charge in [0.15, 0.2) is 5.84 Å². The molecule has 1 aliphatic heterocycles. The topological polar surface area (TPSA) is 29.6 Å². The van der Waals surface area contributed by atoms with Gasteiger partial charge >= 0.3 is 0 Å². The first-order valence-corrected chi connectivity index (χ1v) is 17.9. The number of aromatic nitrogens is 1. The minimum Gasteiger partial charge on any atom is -0.309 e. The number of hydrogen-bond acceptors (Lipinski definition) is 2. The predicted molar refractivity (Wildman–Crippen MR) is 219 cm³/mol. The van der Waals surface area contributed by atoms with Gasteiger partial charge in [-0.25, -0.2) is 9.98 Å². The summed E-state index contributed by atoms with van der Waals surface area (Å²) in [6.07, 6.45) is 6.21. The van der Waals surface area contributed by atoms with E-state index in [0.29, 0.717) is 5.84 Å². The van der Waals surface area contributed by atoms with Crippen LogP contribution in [0.5, 0.6) is 0 Å². The zero-order valence-corrected chi connectivity index (χ0v) is 29.1. The van der Waals surface area contributed by atoms with E-state index in [-0.39, 0.29) is 5.41 Å². The van der Waals surface area contributed by atoms with Crippen molar-refractivity contribution in [3.05, 3.63) is 204 Å². The van der Waals surface area contributed by atoms with Gasteiger partial charge in [0, 0.05) is 38.6 Å². The molecule has 2 heterocycles.